The van der Waals surface area contributed by atoms with Crippen LogP contribution in [0.15, 0.2) is 88.4 Å². The first-order valence-corrected chi connectivity index (χ1v) is 11.9. The Balaban J connectivity index is 1.50. The minimum absolute atomic E-state index is 0.0873. The monoisotopic (exact) mass is 520 g/mol. The van der Waals surface area contributed by atoms with Gasteiger partial charge in [-0.2, -0.15) is 0 Å². The fourth-order valence-corrected chi connectivity index (χ4v) is 5.09. The van der Waals surface area contributed by atoms with Gasteiger partial charge >= 0.3 is 0 Å². The third kappa shape index (κ3) is 4.38. The van der Waals surface area contributed by atoms with Crippen LogP contribution in [0, 0.1) is 5.82 Å². The summed E-state index contributed by atoms with van der Waals surface area (Å²) in [5, 5.41) is 0.574. The Morgan fingerprint density at radius 3 is 2.48 bits per heavy atom. The number of fused-ring (bicyclic) bond motifs is 1. The standard InChI is InChI=1S/C26H18BrFN2O2S/c27-20-10-11-23-21(13-20)19(15-29(23)14-17-6-2-1-3-7-17)12-24-25(31)30(26(32)33-24)16-18-8-4-5-9-22(18)28/h1-13,15H,14,16H2/b24-12-. The molecular formula is C26H18BrFN2O2S. The van der Waals surface area contributed by atoms with Crippen molar-refractivity contribution in [3.63, 3.8) is 0 Å². The first-order chi connectivity index (χ1) is 16.0. The van der Waals surface area contributed by atoms with E-state index >= 15 is 0 Å². The molecule has 4 nitrogen and oxygen atoms in total. The summed E-state index contributed by atoms with van der Waals surface area (Å²) in [4.78, 5) is 27.0. The molecular weight excluding hydrogens is 503 g/mol. The Morgan fingerprint density at radius 1 is 0.939 bits per heavy atom. The highest BCUT2D eigenvalue weighted by Crippen LogP contribution is 2.36. The minimum Gasteiger partial charge on any atom is -0.342 e. The first-order valence-electron chi connectivity index (χ1n) is 10.3. The van der Waals surface area contributed by atoms with Crippen LogP contribution in [-0.2, 0) is 17.9 Å². The van der Waals surface area contributed by atoms with Crippen LogP contribution in [0.1, 0.15) is 16.7 Å². The Kier molecular flexibility index (Phi) is 5.91. The maximum atomic E-state index is 14.1. The van der Waals surface area contributed by atoms with Gasteiger partial charge in [0, 0.05) is 39.2 Å². The van der Waals surface area contributed by atoms with Crippen LogP contribution in [0.25, 0.3) is 17.0 Å². The highest BCUT2D eigenvalue weighted by Gasteiger charge is 2.35. The number of hydrogen-bond donors (Lipinski definition) is 0. The molecule has 0 bridgehead atoms. The number of benzene rings is 3. The van der Waals surface area contributed by atoms with Crippen molar-refractivity contribution in [1.29, 1.82) is 0 Å². The van der Waals surface area contributed by atoms with Gasteiger partial charge in [0.25, 0.3) is 11.1 Å². The zero-order valence-electron chi connectivity index (χ0n) is 17.4. The molecule has 2 amide bonds. The number of hydrogen-bond acceptors (Lipinski definition) is 3. The largest absolute Gasteiger partial charge is 0.342 e. The number of aromatic nitrogens is 1. The number of nitrogens with zero attached hydrogens (tertiary/aromatic N) is 2. The van der Waals surface area contributed by atoms with Crippen molar-refractivity contribution in [3.05, 3.63) is 111 Å². The molecule has 33 heavy (non-hydrogen) atoms. The predicted molar refractivity (Wildman–Crippen MR) is 133 cm³/mol. The Labute approximate surface area is 202 Å². The van der Waals surface area contributed by atoms with Gasteiger partial charge < -0.3 is 4.57 Å². The number of carbonyl (C=O) groups is 2. The summed E-state index contributed by atoms with van der Waals surface area (Å²) in [6.07, 6.45) is 3.75. The van der Waals surface area contributed by atoms with E-state index in [1.807, 2.05) is 42.6 Å². The number of halogens is 2. The smallest absolute Gasteiger partial charge is 0.293 e. The van der Waals surface area contributed by atoms with Gasteiger partial charge in [-0.1, -0.05) is 64.5 Å². The molecule has 1 saturated heterocycles. The van der Waals surface area contributed by atoms with Crippen LogP contribution < -0.4 is 0 Å². The summed E-state index contributed by atoms with van der Waals surface area (Å²) in [5.74, 6) is -0.846. The number of carbonyl (C=O) groups excluding carboxylic acids is 2. The molecule has 1 aromatic heterocycles. The lowest BCUT2D eigenvalue weighted by Crippen LogP contribution is -2.27. The van der Waals surface area contributed by atoms with E-state index in [2.05, 4.69) is 32.6 Å². The molecule has 0 aliphatic carbocycles. The summed E-state index contributed by atoms with van der Waals surface area (Å²) in [5.41, 5.74) is 3.34. The number of thioether (sulfide) groups is 1. The molecule has 0 radical (unpaired) electrons. The van der Waals surface area contributed by atoms with Gasteiger partial charge in [0.15, 0.2) is 0 Å². The van der Waals surface area contributed by atoms with Gasteiger partial charge in [-0.15, -0.1) is 0 Å². The van der Waals surface area contributed by atoms with Gasteiger partial charge in [0.1, 0.15) is 5.82 Å². The fraction of sp³-hybridized carbons (Fsp3) is 0.0769. The van der Waals surface area contributed by atoms with E-state index in [9.17, 15) is 14.0 Å². The van der Waals surface area contributed by atoms with Crippen molar-refractivity contribution in [2.24, 2.45) is 0 Å². The van der Waals surface area contributed by atoms with Crippen LogP contribution in [-0.4, -0.2) is 20.6 Å². The third-order valence-electron chi connectivity index (χ3n) is 5.52. The Morgan fingerprint density at radius 2 is 1.70 bits per heavy atom. The second kappa shape index (κ2) is 9.00. The van der Waals surface area contributed by atoms with Gasteiger partial charge in [-0.25, -0.2) is 4.39 Å². The molecule has 0 atom stereocenters. The van der Waals surface area contributed by atoms with E-state index in [-0.39, 0.29) is 6.54 Å². The molecule has 7 heteroatoms. The quantitative estimate of drug-likeness (QED) is 0.271. The highest BCUT2D eigenvalue weighted by atomic mass is 79.9. The molecule has 0 N–H and O–H groups in total. The van der Waals surface area contributed by atoms with Crippen molar-refractivity contribution < 1.29 is 14.0 Å². The van der Waals surface area contributed by atoms with Gasteiger partial charge in [-0.05, 0) is 47.7 Å². The van der Waals surface area contributed by atoms with E-state index in [0.29, 0.717) is 17.0 Å². The van der Waals surface area contributed by atoms with E-state index in [1.54, 1.807) is 24.3 Å². The average molecular weight is 521 g/mol. The van der Waals surface area contributed by atoms with E-state index in [0.717, 1.165) is 43.2 Å². The van der Waals surface area contributed by atoms with Crippen molar-refractivity contribution in [2.75, 3.05) is 0 Å². The maximum Gasteiger partial charge on any atom is 0.293 e. The Hall–Kier alpha value is -3.16. The van der Waals surface area contributed by atoms with E-state index < -0.39 is 17.0 Å². The molecule has 0 saturated carbocycles. The molecule has 0 unspecified atom stereocenters. The molecule has 164 valence electrons. The second-order valence-corrected chi connectivity index (χ2v) is 9.63. The van der Waals surface area contributed by atoms with Crippen molar-refractivity contribution in [1.82, 2.24) is 9.47 Å². The van der Waals surface area contributed by atoms with Crippen LogP contribution in [0.5, 0.6) is 0 Å². The minimum atomic E-state index is -0.436. The van der Waals surface area contributed by atoms with Crippen LogP contribution in [0.3, 0.4) is 0 Å². The molecule has 1 fully saturated rings. The molecule has 1 aliphatic heterocycles. The van der Waals surface area contributed by atoms with Gasteiger partial charge in [-0.3, -0.25) is 14.5 Å². The molecule has 3 aromatic carbocycles. The lowest BCUT2D eigenvalue weighted by atomic mass is 10.1. The summed E-state index contributed by atoms with van der Waals surface area (Å²) < 4.78 is 17.1. The van der Waals surface area contributed by atoms with Crippen LogP contribution in [0.4, 0.5) is 9.18 Å². The maximum absolute atomic E-state index is 14.1. The SMILES string of the molecule is O=C1S/C(=C\c2cn(Cc3ccccc3)c3ccc(Br)cc23)C(=O)N1Cc1ccccc1F. The lowest BCUT2D eigenvalue weighted by Gasteiger charge is -2.12. The fourth-order valence-electron chi connectivity index (χ4n) is 3.90. The number of amides is 2. The van der Waals surface area contributed by atoms with Crippen molar-refractivity contribution in [2.45, 2.75) is 13.1 Å². The van der Waals surface area contributed by atoms with Crippen LogP contribution >= 0.6 is 27.7 Å². The normalized spacial score (nSPS) is 15.2. The first kappa shape index (κ1) is 21.7. The molecule has 0 spiro atoms. The summed E-state index contributed by atoms with van der Waals surface area (Å²) in [7, 11) is 0. The predicted octanol–water partition coefficient (Wildman–Crippen LogP) is 6.83. The Bertz CT molecular complexity index is 1410. The van der Waals surface area contributed by atoms with Gasteiger partial charge in [0.2, 0.25) is 0 Å². The second-order valence-electron chi connectivity index (χ2n) is 7.72. The number of rotatable bonds is 5. The highest BCUT2D eigenvalue weighted by molar-refractivity contribution is 9.10. The molecule has 1 aliphatic rings. The third-order valence-corrected chi connectivity index (χ3v) is 6.92. The van der Waals surface area contributed by atoms with Crippen molar-refractivity contribution in [3.8, 4) is 0 Å². The summed E-state index contributed by atoms with van der Waals surface area (Å²) >= 11 is 4.41. The number of imide groups is 1. The summed E-state index contributed by atoms with van der Waals surface area (Å²) in [6, 6.07) is 22.3. The van der Waals surface area contributed by atoms with Crippen LogP contribution in [0.2, 0.25) is 0 Å². The topological polar surface area (TPSA) is 42.3 Å². The molecule has 2 heterocycles. The zero-order chi connectivity index (χ0) is 22.9. The zero-order valence-corrected chi connectivity index (χ0v) is 19.8. The van der Waals surface area contributed by atoms with Gasteiger partial charge in [0.05, 0.1) is 11.4 Å². The lowest BCUT2D eigenvalue weighted by molar-refractivity contribution is -0.123. The van der Waals surface area contributed by atoms with E-state index in [1.165, 1.54) is 6.07 Å². The molecule has 4 aromatic rings. The van der Waals surface area contributed by atoms with Crippen molar-refractivity contribution >= 4 is 55.8 Å². The molecule has 5 rings (SSSR count). The van der Waals surface area contributed by atoms with E-state index in [4.69, 9.17) is 0 Å². The summed E-state index contributed by atoms with van der Waals surface area (Å²) in [6.45, 7) is 0.595. The average Bonchev–Trinajstić information content (AvgIpc) is 3.27.